The van der Waals surface area contributed by atoms with E-state index in [0.717, 1.165) is 27.8 Å². The van der Waals surface area contributed by atoms with Gasteiger partial charge in [0.1, 0.15) is 11.3 Å². The summed E-state index contributed by atoms with van der Waals surface area (Å²) in [6.45, 7) is 4.51. The number of aromatic nitrogens is 5. The van der Waals surface area contributed by atoms with Crippen LogP contribution in [0.5, 0.6) is 0 Å². The molecule has 0 bridgehead atoms. The molecule has 0 unspecified atom stereocenters. The lowest BCUT2D eigenvalue weighted by atomic mass is 10.1. The molecule has 5 heterocycles. The standard InChI is InChI=1S/C20H14N6O2S.C6H11N/c1-12-2-3-14(19-22-10-28-25-19)6-15(12)24-20(27)17-8-21-18-7-13(4-5-26(17)18)16-9-29-11-23-16;1-2-6(1)3-4-7-5-6/h2-11H,1H3,(H,24,27);7H,1-5H2. The van der Waals surface area contributed by atoms with Crippen molar-refractivity contribution in [2.75, 3.05) is 18.4 Å². The number of hydrogen-bond donors (Lipinski definition) is 2. The van der Waals surface area contributed by atoms with Crippen LogP contribution in [0, 0.1) is 12.3 Å². The lowest BCUT2D eigenvalue weighted by Gasteiger charge is -2.09. The van der Waals surface area contributed by atoms with Crippen molar-refractivity contribution in [2.45, 2.75) is 26.2 Å². The molecule has 10 heteroatoms. The van der Waals surface area contributed by atoms with Gasteiger partial charge in [-0.05, 0) is 61.9 Å². The van der Waals surface area contributed by atoms with E-state index in [2.05, 4.69) is 30.7 Å². The number of hydrogen-bond acceptors (Lipinski definition) is 8. The maximum Gasteiger partial charge on any atom is 0.274 e. The Morgan fingerprint density at radius 3 is 2.75 bits per heavy atom. The smallest absolute Gasteiger partial charge is 0.274 e. The molecule has 1 aliphatic heterocycles. The predicted octanol–water partition coefficient (Wildman–Crippen LogP) is 4.83. The zero-order valence-corrected chi connectivity index (χ0v) is 20.6. The summed E-state index contributed by atoms with van der Waals surface area (Å²) in [7, 11) is 0. The molecule has 2 aliphatic rings. The van der Waals surface area contributed by atoms with Crippen molar-refractivity contribution in [3.8, 4) is 22.6 Å². The number of anilines is 1. The molecule has 1 saturated carbocycles. The molecule has 1 amide bonds. The van der Waals surface area contributed by atoms with E-state index in [1.54, 1.807) is 16.1 Å². The highest BCUT2D eigenvalue weighted by Crippen LogP contribution is 2.49. The van der Waals surface area contributed by atoms with Crippen molar-refractivity contribution >= 4 is 28.6 Å². The number of benzene rings is 1. The molecule has 5 aromatic rings. The third-order valence-corrected chi connectivity index (χ3v) is 7.45. The van der Waals surface area contributed by atoms with Crippen LogP contribution in [0.3, 0.4) is 0 Å². The van der Waals surface area contributed by atoms with E-state index in [9.17, 15) is 4.79 Å². The molecule has 1 saturated heterocycles. The van der Waals surface area contributed by atoms with Gasteiger partial charge in [-0.3, -0.25) is 9.20 Å². The van der Waals surface area contributed by atoms with Gasteiger partial charge < -0.3 is 15.2 Å². The van der Waals surface area contributed by atoms with Crippen molar-refractivity contribution in [3.63, 3.8) is 0 Å². The van der Waals surface area contributed by atoms with Crippen LogP contribution in [0.1, 0.15) is 35.3 Å². The Morgan fingerprint density at radius 2 is 2.06 bits per heavy atom. The van der Waals surface area contributed by atoms with E-state index in [4.69, 9.17) is 4.52 Å². The summed E-state index contributed by atoms with van der Waals surface area (Å²) in [6.07, 6.45) is 9.11. The number of nitrogens with zero attached hydrogens (tertiary/aromatic N) is 5. The fraction of sp³-hybridized carbons (Fsp3) is 0.269. The molecule has 0 radical (unpaired) electrons. The molecular weight excluding hydrogens is 474 g/mol. The van der Waals surface area contributed by atoms with Crippen LogP contribution in [0.25, 0.3) is 28.3 Å². The highest BCUT2D eigenvalue weighted by Gasteiger charge is 2.44. The van der Waals surface area contributed by atoms with Crippen LogP contribution in [-0.2, 0) is 0 Å². The molecule has 2 fully saturated rings. The maximum absolute atomic E-state index is 12.9. The molecule has 36 heavy (non-hydrogen) atoms. The van der Waals surface area contributed by atoms with Crippen molar-refractivity contribution in [2.24, 2.45) is 5.41 Å². The Balaban J connectivity index is 0.000000292. The van der Waals surface area contributed by atoms with Crippen LogP contribution < -0.4 is 10.6 Å². The number of imidazole rings is 1. The Morgan fingerprint density at radius 1 is 1.14 bits per heavy atom. The van der Waals surface area contributed by atoms with E-state index in [1.807, 2.05) is 48.8 Å². The summed E-state index contributed by atoms with van der Waals surface area (Å²) in [6, 6.07) is 9.43. The Bertz CT molecular complexity index is 1500. The number of nitrogens with one attached hydrogen (secondary N) is 2. The minimum atomic E-state index is -0.257. The third kappa shape index (κ3) is 4.52. The normalized spacial score (nSPS) is 15.6. The summed E-state index contributed by atoms with van der Waals surface area (Å²) < 4.78 is 6.55. The number of amides is 1. The van der Waals surface area contributed by atoms with Gasteiger partial charge in [-0.15, -0.1) is 11.3 Å². The Hall–Kier alpha value is -3.89. The second-order valence-corrected chi connectivity index (χ2v) is 10.0. The molecule has 7 rings (SSSR count). The van der Waals surface area contributed by atoms with Crippen LogP contribution in [-0.4, -0.2) is 43.5 Å². The fourth-order valence-corrected chi connectivity index (χ4v) is 5.00. The third-order valence-electron chi connectivity index (χ3n) is 6.87. The number of pyridine rings is 1. The van der Waals surface area contributed by atoms with E-state index in [0.29, 0.717) is 22.9 Å². The van der Waals surface area contributed by atoms with Gasteiger partial charge in [0.2, 0.25) is 12.2 Å². The molecule has 1 spiro atoms. The molecule has 9 nitrogen and oxygen atoms in total. The van der Waals surface area contributed by atoms with E-state index >= 15 is 0 Å². The Kier molecular flexibility index (Phi) is 5.82. The minimum Gasteiger partial charge on any atom is -0.342 e. The number of aryl methyl sites for hydroxylation is 1. The van der Waals surface area contributed by atoms with Crippen molar-refractivity contribution in [1.29, 1.82) is 0 Å². The molecule has 1 aliphatic carbocycles. The summed E-state index contributed by atoms with van der Waals surface area (Å²) >= 11 is 1.54. The fourth-order valence-electron chi connectivity index (χ4n) is 4.44. The van der Waals surface area contributed by atoms with Gasteiger partial charge in [-0.2, -0.15) is 4.98 Å². The molecule has 4 aromatic heterocycles. The van der Waals surface area contributed by atoms with Gasteiger partial charge in [0.25, 0.3) is 5.91 Å². The van der Waals surface area contributed by atoms with Crippen molar-refractivity contribution in [3.05, 3.63) is 71.3 Å². The molecular formula is C26H25N7O2S. The lowest BCUT2D eigenvalue weighted by Crippen LogP contribution is -2.15. The number of thiazole rings is 1. The van der Waals surface area contributed by atoms with Gasteiger partial charge in [0.05, 0.1) is 17.4 Å². The number of fused-ring (bicyclic) bond motifs is 1. The first kappa shape index (κ1) is 22.6. The summed E-state index contributed by atoms with van der Waals surface area (Å²) in [4.78, 5) is 25.7. The first-order valence-corrected chi connectivity index (χ1v) is 12.8. The molecule has 2 N–H and O–H groups in total. The molecule has 0 atom stereocenters. The number of carbonyl (C=O) groups is 1. The first-order chi connectivity index (χ1) is 17.6. The summed E-state index contributed by atoms with van der Waals surface area (Å²) in [5, 5.41) is 12.1. The second-order valence-electron chi connectivity index (χ2n) is 9.33. The van der Waals surface area contributed by atoms with Crippen LogP contribution >= 0.6 is 11.3 Å². The number of rotatable bonds is 4. The predicted molar refractivity (Wildman–Crippen MR) is 138 cm³/mol. The van der Waals surface area contributed by atoms with Gasteiger partial charge in [-0.1, -0.05) is 17.3 Å². The second kappa shape index (κ2) is 9.29. The van der Waals surface area contributed by atoms with Gasteiger partial charge in [0, 0.05) is 34.9 Å². The van der Waals surface area contributed by atoms with Crippen molar-refractivity contribution < 1.29 is 9.32 Å². The average Bonchev–Trinajstić information content (AvgIpc) is 3.47. The van der Waals surface area contributed by atoms with E-state index in [1.165, 1.54) is 50.1 Å². The maximum atomic E-state index is 12.9. The first-order valence-electron chi connectivity index (χ1n) is 11.9. The highest BCUT2D eigenvalue weighted by molar-refractivity contribution is 7.07. The summed E-state index contributed by atoms with van der Waals surface area (Å²) in [5.74, 6) is 0.206. The van der Waals surface area contributed by atoms with Gasteiger partial charge >= 0.3 is 0 Å². The average molecular weight is 500 g/mol. The molecule has 182 valence electrons. The van der Waals surface area contributed by atoms with E-state index < -0.39 is 0 Å². The summed E-state index contributed by atoms with van der Waals surface area (Å²) in [5.41, 5.74) is 7.93. The van der Waals surface area contributed by atoms with Crippen LogP contribution in [0.2, 0.25) is 0 Å². The van der Waals surface area contributed by atoms with E-state index in [-0.39, 0.29) is 5.91 Å². The lowest BCUT2D eigenvalue weighted by molar-refractivity contribution is 0.102. The molecule has 1 aromatic carbocycles. The zero-order valence-electron chi connectivity index (χ0n) is 19.8. The topological polar surface area (TPSA) is 110 Å². The SMILES string of the molecule is C1CC2(CC2)CN1.Cc1ccc(-c2ncon2)cc1NC(=O)c1cnc2cc(-c3cscn3)ccn12. The monoisotopic (exact) mass is 499 g/mol. The van der Waals surface area contributed by atoms with Crippen LogP contribution in [0.15, 0.2) is 64.5 Å². The number of carbonyl (C=O) groups excluding carboxylic acids is 1. The zero-order chi connectivity index (χ0) is 24.5. The van der Waals surface area contributed by atoms with Crippen molar-refractivity contribution in [1.82, 2.24) is 29.8 Å². The van der Waals surface area contributed by atoms with Gasteiger partial charge in [0.15, 0.2) is 0 Å². The highest BCUT2D eigenvalue weighted by atomic mass is 32.1. The minimum absolute atomic E-state index is 0.257. The largest absolute Gasteiger partial charge is 0.342 e. The Labute approximate surface area is 211 Å². The van der Waals surface area contributed by atoms with Crippen LogP contribution in [0.4, 0.5) is 5.69 Å². The quantitative estimate of drug-likeness (QED) is 0.364. The van der Waals surface area contributed by atoms with Gasteiger partial charge in [-0.25, -0.2) is 9.97 Å².